The Morgan fingerprint density at radius 2 is 2.21 bits per heavy atom. The van der Waals surface area contributed by atoms with Crippen molar-refractivity contribution in [3.63, 3.8) is 0 Å². The Labute approximate surface area is 113 Å². The molecular formula is C14H22N2O3. The summed E-state index contributed by atoms with van der Waals surface area (Å²) in [4.78, 5) is 14.5. The molecule has 0 aromatic heterocycles. The lowest BCUT2D eigenvalue weighted by Gasteiger charge is -2.39. The summed E-state index contributed by atoms with van der Waals surface area (Å²) in [6.07, 6.45) is 7.25. The van der Waals surface area contributed by atoms with Gasteiger partial charge in [0, 0.05) is 18.6 Å². The molecule has 3 heterocycles. The number of ether oxygens (including phenoxy) is 2. The number of nitrogens with zero attached hydrogens (tertiary/aromatic N) is 1. The molecule has 3 rings (SSSR count). The van der Waals surface area contributed by atoms with E-state index in [1.165, 1.54) is 25.5 Å². The van der Waals surface area contributed by atoms with Crippen molar-refractivity contribution in [2.24, 2.45) is 0 Å². The third-order valence-electron chi connectivity index (χ3n) is 4.23. The van der Waals surface area contributed by atoms with Crippen molar-refractivity contribution >= 4 is 5.91 Å². The van der Waals surface area contributed by atoms with E-state index < -0.39 is 0 Å². The van der Waals surface area contributed by atoms with E-state index in [4.69, 9.17) is 9.47 Å². The highest BCUT2D eigenvalue weighted by molar-refractivity contribution is 5.91. The van der Waals surface area contributed by atoms with Gasteiger partial charge < -0.3 is 19.7 Å². The van der Waals surface area contributed by atoms with E-state index in [1.807, 2.05) is 4.90 Å². The zero-order chi connectivity index (χ0) is 13.1. The lowest BCUT2D eigenvalue weighted by Crippen LogP contribution is -2.53. The average Bonchev–Trinajstić information content (AvgIpc) is 3.01. The molecule has 1 N–H and O–H groups in total. The van der Waals surface area contributed by atoms with E-state index in [2.05, 4.69) is 5.32 Å². The molecule has 2 fully saturated rings. The van der Waals surface area contributed by atoms with Gasteiger partial charge in [0.05, 0.1) is 0 Å². The van der Waals surface area contributed by atoms with Crippen LogP contribution in [-0.4, -0.2) is 49.2 Å². The van der Waals surface area contributed by atoms with Crippen LogP contribution in [0.25, 0.3) is 0 Å². The molecule has 2 unspecified atom stereocenters. The van der Waals surface area contributed by atoms with Gasteiger partial charge in [-0.25, -0.2) is 0 Å². The van der Waals surface area contributed by atoms with Crippen molar-refractivity contribution in [2.45, 2.75) is 44.2 Å². The summed E-state index contributed by atoms with van der Waals surface area (Å²) in [7, 11) is 0. The van der Waals surface area contributed by atoms with Gasteiger partial charge in [-0.3, -0.25) is 4.79 Å². The number of hydrogen-bond donors (Lipinski definition) is 1. The average molecular weight is 266 g/mol. The second-order valence-corrected chi connectivity index (χ2v) is 5.47. The maximum Gasteiger partial charge on any atom is 0.292 e. The lowest BCUT2D eigenvalue weighted by molar-refractivity contribution is -0.136. The van der Waals surface area contributed by atoms with Gasteiger partial charge in [-0.15, -0.1) is 0 Å². The fraction of sp³-hybridized carbons (Fsp3) is 0.786. The molecule has 3 aliphatic heterocycles. The van der Waals surface area contributed by atoms with Crippen LogP contribution in [0.3, 0.4) is 0 Å². The molecule has 2 atom stereocenters. The van der Waals surface area contributed by atoms with Crippen LogP contribution in [0.2, 0.25) is 0 Å². The summed E-state index contributed by atoms with van der Waals surface area (Å²) in [5, 5.41) is 3.53. The van der Waals surface area contributed by atoms with Gasteiger partial charge in [-0.2, -0.15) is 0 Å². The first-order valence-corrected chi connectivity index (χ1v) is 7.35. The Morgan fingerprint density at radius 1 is 1.26 bits per heavy atom. The highest BCUT2D eigenvalue weighted by atomic mass is 16.6. The zero-order valence-electron chi connectivity index (χ0n) is 11.3. The first kappa shape index (κ1) is 12.8. The molecular weight excluding hydrogens is 244 g/mol. The van der Waals surface area contributed by atoms with Crippen molar-refractivity contribution in [3.8, 4) is 0 Å². The summed E-state index contributed by atoms with van der Waals surface area (Å²) in [6, 6.07) is 0.768. The number of carbonyl (C=O) groups excluding carboxylic acids is 1. The molecule has 0 radical (unpaired) electrons. The standard InChI is InChI=1S/C14H22N2O3/c17-14(13-10-18-8-9-19-13)16-7-2-1-5-12(16)11-4-3-6-15-11/h10-12,15H,1-9H2. The Hall–Kier alpha value is -1.23. The first-order chi connectivity index (χ1) is 9.36. The van der Waals surface area contributed by atoms with Crippen molar-refractivity contribution in [1.29, 1.82) is 0 Å². The fourth-order valence-electron chi connectivity index (χ4n) is 3.29. The molecule has 5 heteroatoms. The maximum absolute atomic E-state index is 12.5. The minimum absolute atomic E-state index is 0.00176. The normalized spacial score (nSPS) is 31.4. The smallest absolute Gasteiger partial charge is 0.292 e. The molecule has 0 spiro atoms. The predicted octanol–water partition coefficient (Wildman–Crippen LogP) is 1.01. The van der Waals surface area contributed by atoms with E-state index in [0.717, 1.165) is 25.9 Å². The molecule has 3 aliphatic rings. The summed E-state index contributed by atoms with van der Waals surface area (Å²) in [6.45, 7) is 2.91. The monoisotopic (exact) mass is 266 g/mol. The summed E-state index contributed by atoms with van der Waals surface area (Å²) >= 11 is 0. The molecule has 0 saturated carbocycles. The third-order valence-corrected chi connectivity index (χ3v) is 4.23. The van der Waals surface area contributed by atoms with Crippen LogP contribution < -0.4 is 5.32 Å². The second-order valence-electron chi connectivity index (χ2n) is 5.47. The topological polar surface area (TPSA) is 50.8 Å². The summed E-state index contributed by atoms with van der Waals surface area (Å²) in [5.74, 6) is 0.370. The van der Waals surface area contributed by atoms with Gasteiger partial charge in [0.25, 0.3) is 5.91 Å². The Kier molecular flexibility index (Phi) is 3.92. The highest BCUT2D eigenvalue weighted by Gasteiger charge is 2.36. The van der Waals surface area contributed by atoms with Crippen LogP contribution >= 0.6 is 0 Å². The van der Waals surface area contributed by atoms with Gasteiger partial charge in [0.15, 0.2) is 0 Å². The molecule has 0 aliphatic carbocycles. The van der Waals surface area contributed by atoms with Crippen LogP contribution in [0.4, 0.5) is 0 Å². The molecule has 19 heavy (non-hydrogen) atoms. The van der Waals surface area contributed by atoms with E-state index in [9.17, 15) is 4.79 Å². The Bertz CT molecular complexity index is 364. The fourth-order valence-corrected chi connectivity index (χ4v) is 3.29. The number of nitrogens with one attached hydrogen (secondary N) is 1. The van der Waals surface area contributed by atoms with E-state index in [1.54, 1.807) is 0 Å². The first-order valence-electron chi connectivity index (χ1n) is 7.35. The van der Waals surface area contributed by atoms with Gasteiger partial charge in [0.2, 0.25) is 5.76 Å². The maximum atomic E-state index is 12.5. The minimum Gasteiger partial charge on any atom is -0.494 e. The number of carbonyl (C=O) groups is 1. The number of rotatable bonds is 2. The van der Waals surface area contributed by atoms with Crippen molar-refractivity contribution in [2.75, 3.05) is 26.3 Å². The zero-order valence-corrected chi connectivity index (χ0v) is 11.3. The molecule has 1 amide bonds. The summed E-state index contributed by atoms with van der Waals surface area (Å²) < 4.78 is 10.6. The number of piperidine rings is 1. The number of likely N-dealkylation sites (tertiary alicyclic amines) is 1. The minimum atomic E-state index is -0.00176. The van der Waals surface area contributed by atoms with Crippen LogP contribution in [0, 0.1) is 0 Å². The number of amides is 1. The van der Waals surface area contributed by atoms with Crippen LogP contribution in [0.1, 0.15) is 32.1 Å². The predicted molar refractivity (Wildman–Crippen MR) is 70.4 cm³/mol. The second kappa shape index (κ2) is 5.82. The largest absolute Gasteiger partial charge is 0.494 e. The van der Waals surface area contributed by atoms with Crippen LogP contribution in [-0.2, 0) is 14.3 Å². The third kappa shape index (κ3) is 2.71. The SMILES string of the molecule is O=C(C1=COCCO1)N1CCCCC1C1CCCN1. The van der Waals surface area contributed by atoms with E-state index in [0.29, 0.717) is 31.1 Å². The van der Waals surface area contributed by atoms with Crippen molar-refractivity contribution < 1.29 is 14.3 Å². The van der Waals surface area contributed by atoms with Crippen LogP contribution in [0.15, 0.2) is 12.0 Å². The lowest BCUT2D eigenvalue weighted by atomic mass is 9.94. The quantitative estimate of drug-likeness (QED) is 0.810. The molecule has 0 bridgehead atoms. The van der Waals surface area contributed by atoms with E-state index in [-0.39, 0.29) is 5.91 Å². The van der Waals surface area contributed by atoms with E-state index >= 15 is 0 Å². The highest BCUT2D eigenvalue weighted by Crippen LogP contribution is 2.26. The van der Waals surface area contributed by atoms with Crippen LogP contribution in [0.5, 0.6) is 0 Å². The van der Waals surface area contributed by atoms with Gasteiger partial charge >= 0.3 is 0 Å². The van der Waals surface area contributed by atoms with Crippen molar-refractivity contribution in [1.82, 2.24) is 10.2 Å². The molecule has 5 nitrogen and oxygen atoms in total. The molecule has 106 valence electrons. The molecule has 0 aromatic rings. The summed E-state index contributed by atoms with van der Waals surface area (Å²) in [5.41, 5.74) is 0. The van der Waals surface area contributed by atoms with Gasteiger partial charge in [-0.1, -0.05) is 0 Å². The molecule has 0 aromatic carbocycles. The Morgan fingerprint density at radius 3 is 2.95 bits per heavy atom. The number of hydrogen-bond acceptors (Lipinski definition) is 4. The van der Waals surface area contributed by atoms with Gasteiger partial charge in [0.1, 0.15) is 19.5 Å². The van der Waals surface area contributed by atoms with Gasteiger partial charge in [-0.05, 0) is 38.6 Å². The van der Waals surface area contributed by atoms with Crippen molar-refractivity contribution in [3.05, 3.63) is 12.0 Å². The molecule has 2 saturated heterocycles. The Balaban J connectivity index is 1.72.